The van der Waals surface area contributed by atoms with Crippen LogP contribution in [-0.4, -0.2) is 81.8 Å². The van der Waals surface area contributed by atoms with Gasteiger partial charge in [0.2, 0.25) is 5.88 Å². The summed E-state index contributed by atoms with van der Waals surface area (Å²) < 4.78 is 34.1. The standard InChI is InChI=1S/C23H34FN3O6/c1-4-23(5-2,22(29)32-10-6-9-24)26-20(28)18-7-8-19(27-11-17(12-27)30-3)21(25-18)33-15-16-13-31-14-16/h7-8,16-17H,4-6,9-15H2,1-3H3,(H,26,28). The molecule has 0 aliphatic carbocycles. The fourth-order valence-electron chi connectivity index (χ4n) is 3.67. The Labute approximate surface area is 193 Å². The second-order valence-corrected chi connectivity index (χ2v) is 8.42. The highest BCUT2D eigenvalue weighted by Gasteiger charge is 2.39. The number of amides is 1. The van der Waals surface area contributed by atoms with Crippen molar-refractivity contribution in [1.82, 2.24) is 10.3 Å². The van der Waals surface area contributed by atoms with E-state index in [1.54, 1.807) is 33.1 Å². The van der Waals surface area contributed by atoms with E-state index < -0.39 is 24.1 Å². The van der Waals surface area contributed by atoms with E-state index in [2.05, 4.69) is 15.2 Å². The van der Waals surface area contributed by atoms with Gasteiger partial charge in [0.25, 0.3) is 5.91 Å². The van der Waals surface area contributed by atoms with E-state index in [0.29, 0.717) is 57.5 Å². The monoisotopic (exact) mass is 467 g/mol. The summed E-state index contributed by atoms with van der Waals surface area (Å²) in [7, 11) is 1.68. The molecule has 2 saturated heterocycles. The van der Waals surface area contributed by atoms with Crippen molar-refractivity contribution >= 4 is 17.6 Å². The minimum atomic E-state index is -1.21. The molecule has 0 atom stereocenters. The molecule has 1 amide bonds. The molecule has 10 heteroatoms. The van der Waals surface area contributed by atoms with E-state index in [1.165, 1.54) is 0 Å². The number of nitrogens with zero attached hydrogens (tertiary/aromatic N) is 2. The van der Waals surface area contributed by atoms with E-state index in [1.807, 2.05) is 0 Å². The summed E-state index contributed by atoms with van der Waals surface area (Å²) in [5, 5.41) is 2.80. The van der Waals surface area contributed by atoms with Gasteiger partial charge < -0.3 is 29.2 Å². The number of ether oxygens (including phenoxy) is 4. The minimum Gasteiger partial charge on any atom is -0.476 e. The van der Waals surface area contributed by atoms with E-state index >= 15 is 0 Å². The van der Waals surface area contributed by atoms with Crippen molar-refractivity contribution in [3.63, 3.8) is 0 Å². The van der Waals surface area contributed by atoms with Crippen LogP contribution in [0.4, 0.5) is 10.1 Å². The molecule has 0 bridgehead atoms. The van der Waals surface area contributed by atoms with E-state index in [9.17, 15) is 14.0 Å². The lowest BCUT2D eigenvalue weighted by Gasteiger charge is -2.40. The maximum Gasteiger partial charge on any atom is 0.331 e. The molecule has 184 valence electrons. The number of rotatable bonds is 13. The third-order valence-corrected chi connectivity index (χ3v) is 6.22. The van der Waals surface area contributed by atoms with Crippen LogP contribution in [-0.2, 0) is 19.0 Å². The van der Waals surface area contributed by atoms with Crippen LogP contribution >= 0.6 is 0 Å². The fourth-order valence-corrected chi connectivity index (χ4v) is 3.67. The van der Waals surface area contributed by atoms with E-state index in [4.69, 9.17) is 18.9 Å². The maximum atomic E-state index is 13.1. The number of hydrogen-bond donors (Lipinski definition) is 1. The number of methoxy groups -OCH3 is 1. The molecule has 2 fully saturated rings. The molecule has 1 aromatic rings. The normalized spacial score (nSPS) is 16.7. The quantitative estimate of drug-likeness (QED) is 0.348. The first-order chi connectivity index (χ1) is 16.0. The summed E-state index contributed by atoms with van der Waals surface area (Å²) in [6.07, 6.45) is 0.941. The van der Waals surface area contributed by atoms with Gasteiger partial charge in [0.1, 0.15) is 16.9 Å². The fraction of sp³-hybridized carbons (Fsp3) is 0.696. The lowest BCUT2D eigenvalue weighted by molar-refractivity contribution is -0.152. The van der Waals surface area contributed by atoms with Gasteiger partial charge in [-0.15, -0.1) is 0 Å². The molecule has 9 nitrogen and oxygen atoms in total. The molecule has 0 spiro atoms. The number of pyridine rings is 1. The molecule has 1 aromatic heterocycles. The van der Waals surface area contributed by atoms with Gasteiger partial charge in [-0.1, -0.05) is 13.8 Å². The largest absolute Gasteiger partial charge is 0.476 e. The Bertz CT molecular complexity index is 809. The van der Waals surface area contributed by atoms with Crippen molar-refractivity contribution in [3.8, 4) is 5.88 Å². The van der Waals surface area contributed by atoms with Gasteiger partial charge in [-0.2, -0.15) is 0 Å². The average molecular weight is 468 g/mol. The highest BCUT2D eigenvalue weighted by Crippen LogP contribution is 2.32. The molecule has 3 rings (SSSR count). The molecule has 1 N–H and O–H groups in total. The second-order valence-electron chi connectivity index (χ2n) is 8.42. The highest BCUT2D eigenvalue weighted by molar-refractivity contribution is 5.97. The summed E-state index contributed by atoms with van der Waals surface area (Å²) in [6, 6.07) is 3.42. The van der Waals surface area contributed by atoms with Gasteiger partial charge in [0.15, 0.2) is 0 Å². The Balaban J connectivity index is 1.75. The van der Waals surface area contributed by atoms with Gasteiger partial charge in [0, 0.05) is 32.5 Å². The van der Waals surface area contributed by atoms with E-state index in [-0.39, 0.29) is 24.8 Å². The summed E-state index contributed by atoms with van der Waals surface area (Å²) in [5.74, 6) is -0.401. The second kappa shape index (κ2) is 11.6. The topological polar surface area (TPSA) is 99.2 Å². The molecule has 3 heterocycles. The molecular weight excluding hydrogens is 433 g/mol. The van der Waals surface area contributed by atoms with Gasteiger partial charge >= 0.3 is 5.97 Å². The average Bonchev–Trinajstić information content (AvgIpc) is 2.76. The molecule has 2 aliphatic rings. The molecule has 0 aromatic carbocycles. The third kappa shape index (κ3) is 5.92. The highest BCUT2D eigenvalue weighted by atomic mass is 19.1. The lowest BCUT2D eigenvalue weighted by Crippen LogP contribution is -2.54. The number of carbonyl (C=O) groups is 2. The van der Waals surface area contributed by atoms with Crippen LogP contribution in [0.2, 0.25) is 0 Å². The smallest absolute Gasteiger partial charge is 0.331 e. The Morgan fingerprint density at radius 1 is 1.27 bits per heavy atom. The minimum absolute atomic E-state index is 0.0267. The molecule has 0 radical (unpaired) electrons. The third-order valence-electron chi connectivity index (χ3n) is 6.22. The van der Waals surface area contributed by atoms with Gasteiger partial charge in [-0.05, 0) is 25.0 Å². The lowest BCUT2D eigenvalue weighted by atomic mass is 9.92. The summed E-state index contributed by atoms with van der Waals surface area (Å²) >= 11 is 0. The Hall–Kier alpha value is -2.46. The number of alkyl halides is 1. The summed E-state index contributed by atoms with van der Waals surface area (Å²) in [5.41, 5.74) is -0.269. The zero-order valence-corrected chi connectivity index (χ0v) is 19.6. The predicted molar refractivity (Wildman–Crippen MR) is 119 cm³/mol. The molecular formula is C23H34FN3O6. The van der Waals surface area contributed by atoms with Crippen molar-refractivity contribution in [2.24, 2.45) is 5.92 Å². The number of aromatic nitrogens is 1. The predicted octanol–water partition coefficient (Wildman–Crippen LogP) is 2.13. The first kappa shape index (κ1) is 25.2. The first-order valence-electron chi connectivity index (χ1n) is 11.5. The maximum absolute atomic E-state index is 13.1. The van der Waals surface area contributed by atoms with Gasteiger partial charge in [-0.25, -0.2) is 9.78 Å². The van der Waals surface area contributed by atoms with Gasteiger partial charge in [0.05, 0.1) is 39.2 Å². The van der Waals surface area contributed by atoms with Gasteiger partial charge in [-0.3, -0.25) is 9.18 Å². The zero-order valence-electron chi connectivity index (χ0n) is 19.6. The summed E-state index contributed by atoms with van der Waals surface area (Å²) in [4.78, 5) is 32.3. The number of carbonyl (C=O) groups excluding carboxylic acids is 2. The summed E-state index contributed by atoms with van der Waals surface area (Å²) in [6.45, 7) is 6.15. The Morgan fingerprint density at radius 3 is 2.58 bits per heavy atom. The Morgan fingerprint density at radius 2 is 2.00 bits per heavy atom. The zero-order chi connectivity index (χ0) is 23.8. The van der Waals surface area contributed by atoms with E-state index in [0.717, 1.165) is 5.69 Å². The Kier molecular flexibility index (Phi) is 8.85. The van der Waals surface area contributed by atoms with Crippen LogP contribution in [0.5, 0.6) is 5.88 Å². The van der Waals surface area contributed by atoms with Crippen molar-refractivity contribution in [1.29, 1.82) is 0 Å². The van der Waals surface area contributed by atoms with Crippen molar-refractivity contribution in [2.45, 2.75) is 44.8 Å². The number of esters is 1. The van der Waals surface area contributed by atoms with Crippen LogP contribution in [0.1, 0.15) is 43.6 Å². The first-order valence-corrected chi connectivity index (χ1v) is 11.5. The van der Waals surface area contributed by atoms with Crippen molar-refractivity contribution in [2.75, 3.05) is 58.2 Å². The number of anilines is 1. The molecule has 0 saturated carbocycles. The number of hydrogen-bond acceptors (Lipinski definition) is 8. The molecule has 0 unspecified atom stereocenters. The van der Waals surface area contributed by atoms with Crippen LogP contribution in [0.3, 0.4) is 0 Å². The van der Waals surface area contributed by atoms with Crippen molar-refractivity contribution < 1.29 is 32.9 Å². The van der Waals surface area contributed by atoms with Crippen LogP contribution < -0.4 is 15.0 Å². The number of halogens is 1. The number of nitrogens with one attached hydrogen (secondary N) is 1. The van der Waals surface area contributed by atoms with Crippen LogP contribution in [0.15, 0.2) is 12.1 Å². The molecule has 33 heavy (non-hydrogen) atoms. The molecule has 2 aliphatic heterocycles. The SMILES string of the molecule is CCC(CC)(NC(=O)c1ccc(N2CC(OC)C2)c(OCC2COC2)n1)C(=O)OCCCF. The van der Waals surface area contributed by atoms with Crippen LogP contribution in [0.25, 0.3) is 0 Å². The van der Waals surface area contributed by atoms with Crippen molar-refractivity contribution in [3.05, 3.63) is 17.8 Å². The van der Waals surface area contributed by atoms with Crippen LogP contribution in [0, 0.1) is 5.92 Å².